The zero-order valence-electron chi connectivity index (χ0n) is 17.7. The fourth-order valence-corrected chi connectivity index (χ4v) is 5.76. The van der Waals surface area contributed by atoms with Gasteiger partial charge in [0.2, 0.25) is 10.0 Å². The molecule has 31 heavy (non-hydrogen) atoms. The molecule has 168 valence electrons. The third-order valence-corrected chi connectivity index (χ3v) is 7.84. The highest BCUT2D eigenvalue weighted by Crippen LogP contribution is 2.31. The Morgan fingerprint density at radius 3 is 2.65 bits per heavy atom. The van der Waals surface area contributed by atoms with Crippen LogP contribution in [0.15, 0.2) is 23.1 Å². The van der Waals surface area contributed by atoms with Crippen molar-refractivity contribution in [1.29, 1.82) is 0 Å². The molecule has 2 aliphatic heterocycles. The van der Waals surface area contributed by atoms with Gasteiger partial charge >= 0.3 is 0 Å². The Bertz CT molecular complexity index is 1060. The molecule has 2 aliphatic rings. The van der Waals surface area contributed by atoms with Gasteiger partial charge in [-0.05, 0) is 31.4 Å². The summed E-state index contributed by atoms with van der Waals surface area (Å²) >= 11 is 0. The maximum absolute atomic E-state index is 13.0. The smallest absolute Gasteiger partial charge is 0.293 e. The Labute approximate surface area is 181 Å². The number of rotatable bonds is 6. The maximum Gasteiger partial charge on any atom is 0.293 e. The van der Waals surface area contributed by atoms with Gasteiger partial charge in [-0.3, -0.25) is 10.1 Å². The van der Waals surface area contributed by atoms with Crippen LogP contribution in [-0.2, 0) is 29.4 Å². The van der Waals surface area contributed by atoms with Crippen LogP contribution < -0.4 is 5.32 Å². The van der Waals surface area contributed by atoms with E-state index in [1.165, 1.54) is 22.5 Å². The Hall–Kier alpha value is -2.53. The van der Waals surface area contributed by atoms with Gasteiger partial charge in [-0.15, -0.1) is 0 Å². The summed E-state index contributed by atoms with van der Waals surface area (Å²) in [5, 5.41) is 19.4. The van der Waals surface area contributed by atoms with E-state index in [9.17, 15) is 18.5 Å². The number of nitro benzene ring substituents is 1. The normalized spacial score (nSPS) is 20.1. The van der Waals surface area contributed by atoms with Crippen molar-refractivity contribution in [3.05, 3.63) is 40.0 Å². The van der Waals surface area contributed by atoms with Crippen molar-refractivity contribution in [3.63, 3.8) is 0 Å². The zero-order valence-corrected chi connectivity index (χ0v) is 18.5. The molecule has 1 saturated heterocycles. The number of nitrogens with one attached hydrogen (secondary N) is 1. The number of anilines is 1. The van der Waals surface area contributed by atoms with E-state index in [1.54, 1.807) is 0 Å². The van der Waals surface area contributed by atoms with Crippen LogP contribution in [-0.4, -0.2) is 51.5 Å². The number of benzene rings is 1. The number of aryl methyl sites for hydroxylation is 2. The van der Waals surface area contributed by atoms with Crippen LogP contribution in [0.3, 0.4) is 0 Å². The van der Waals surface area contributed by atoms with E-state index in [4.69, 9.17) is 0 Å². The summed E-state index contributed by atoms with van der Waals surface area (Å²) in [5.74, 6) is 1.73. The minimum absolute atomic E-state index is 0.0264. The molecule has 10 nitrogen and oxygen atoms in total. The molecule has 4 rings (SSSR count). The van der Waals surface area contributed by atoms with Crippen LogP contribution in [0, 0.1) is 10.1 Å². The predicted octanol–water partition coefficient (Wildman–Crippen LogP) is 2.74. The molecule has 0 bridgehead atoms. The molecule has 3 heterocycles. The second-order valence-electron chi connectivity index (χ2n) is 8.11. The minimum Gasteiger partial charge on any atom is -0.375 e. The van der Waals surface area contributed by atoms with Gasteiger partial charge in [0.05, 0.1) is 16.4 Å². The van der Waals surface area contributed by atoms with E-state index < -0.39 is 14.9 Å². The molecule has 1 N–H and O–H groups in total. The van der Waals surface area contributed by atoms with Gasteiger partial charge < -0.3 is 5.32 Å². The molecule has 0 spiro atoms. The lowest BCUT2D eigenvalue weighted by atomic mass is 10.1. The van der Waals surface area contributed by atoms with Crippen molar-refractivity contribution >= 4 is 21.4 Å². The highest BCUT2D eigenvalue weighted by molar-refractivity contribution is 7.89. The molecule has 0 aliphatic carbocycles. The number of nitrogens with zero attached hydrogens (tertiary/aromatic N) is 5. The third kappa shape index (κ3) is 4.57. The first-order valence-electron chi connectivity index (χ1n) is 10.9. The van der Waals surface area contributed by atoms with E-state index in [0.717, 1.165) is 56.6 Å². The molecule has 0 amide bonds. The molecule has 0 radical (unpaired) electrons. The third-order valence-electron chi connectivity index (χ3n) is 5.95. The summed E-state index contributed by atoms with van der Waals surface area (Å²) in [6.45, 7) is 3.48. The van der Waals surface area contributed by atoms with E-state index in [-0.39, 0.29) is 16.6 Å². The number of fused-ring (bicyclic) bond motifs is 1. The van der Waals surface area contributed by atoms with Gasteiger partial charge in [-0.1, -0.05) is 19.8 Å². The molecule has 1 atom stereocenters. The van der Waals surface area contributed by atoms with Crippen LogP contribution in [0.25, 0.3) is 0 Å². The molecule has 11 heteroatoms. The summed E-state index contributed by atoms with van der Waals surface area (Å²) in [6.07, 6.45) is 5.90. The molecule has 0 saturated carbocycles. The van der Waals surface area contributed by atoms with E-state index in [1.807, 2.05) is 11.6 Å². The van der Waals surface area contributed by atoms with Gasteiger partial charge in [-0.25, -0.2) is 18.1 Å². The Morgan fingerprint density at radius 1 is 1.23 bits per heavy atom. The Kier molecular flexibility index (Phi) is 6.24. The predicted molar refractivity (Wildman–Crippen MR) is 115 cm³/mol. The number of hydrogen-bond donors (Lipinski definition) is 1. The van der Waals surface area contributed by atoms with Crippen molar-refractivity contribution in [3.8, 4) is 0 Å². The van der Waals surface area contributed by atoms with Crippen LogP contribution >= 0.6 is 0 Å². The molecular weight excluding hydrogens is 420 g/mol. The van der Waals surface area contributed by atoms with Crippen LogP contribution in [0.5, 0.6) is 0 Å². The van der Waals surface area contributed by atoms with E-state index in [2.05, 4.69) is 15.4 Å². The largest absolute Gasteiger partial charge is 0.375 e. The SMILES string of the molecule is CCc1nc2n(n1)CC(Nc1ccc(S(=O)(=O)N3CCCCCC3)cc1[N+](=O)[O-])CC2. The van der Waals surface area contributed by atoms with Crippen molar-refractivity contribution in [2.45, 2.75) is 69.4 Å². The number of nitro groups is 1. The average Bonchev–Trinajstić information content (AvgIpc) is 2.96. The lowest BCUT2D eigenvalue weighted by Gasteiger charge is -2.24. The minimum atomic E-state index is -3.75. The second kappa shape index (κ2) is 8.91. The first kappa shape index (κ1) is 21.7. The van der Waals surface area contributed by atoms with Crippen LogP contribution in [0.1, 0.15) is 50.7 Å². The lowest BCUT2D eigenvalue weighted by Crippen LogP contribution is -2.33. The lowest BCUT2D eigenvalue weighted by molar-refractivity contribution is -0.384. The van der Waals surface area contributed by atoms with Crippen molar-refractivity contribution in [1.82, 2.24) is 19.1 Å². The second-order valence-corrected chi connectivity index (χ2v) is 10.1. The molecular formula is C20H28N6O4S. The maximum atomic E-state index is 13.0. The van der Waals surface area contributed by atoms with E-state index >= 15 is 0 Å². The summed E-state index contributed by atoms with van der Waals surface area (Å²) < 4.78 is 29.4. The highest BCUT2D eigenvalue weighted by atomic mass is 32.2. The first-order chi connectivity index (χ1) is 14.9. The molecule has 1 unspecified atom stereocenters. The summed E-state index contributed by atoms with van der Waals surface area (Å²) in [7, 11) is -3.75. The number of sulfonamides is 1. The summed E-state index contributed by atoms with van der Waals surface area (Å²) in [5.41, 5.74) is 0.0960. The van der Waals surface area contributed by atoms with Gasteiger partial charge in [0, 0.05) is 38.0 Å². The fourth-order valence-electron chi connectivity index (χ4n) is 4.22. The van der Waals surface area contributed by atoms with Gasteiger partial charge in [0.1, 0.15) is 11.5 Å². The van der Waals surface area contributed by atoms with Crippen LogP contribution in [0.4, 0.5) is 11.4 Å². The summed E-state index contributed by atoms with van der Waals surface area (Å²) in [4.78, 5) is 15.7. The first-order valence-corrected chi connectivity index (χ1v) is 12.3. The monoisotopic (exact) mass is 448 g/mol. The van der Waals surface area contributed by atoms with Gasteiger partial charge in [-0.2, -0.15) is 9.40 Å². The van der Waals surface area contributed by atoms with Gasteiger partial charge in [0.25, 0.3) is 5.69 Å². The van der Waals surface area contributed by atoms with Gasteiger partial charge in [0.15, 0.2) is 5.82 Å². The molecule has 1 aromatic carbocycles. The van der Waals surface area contributed by atoms with Crippen molar-refractivity contribution in [2.24, 2.45) is 0 Å². The Morgan fingerprint density at radius 2 is 1.97 bits per heavy atom. The summed E-state index contributed by atoms with van der Waals surface area (Å²) in [6, 6.07) is 4.11. The average molecular weight is 449 g/mol. The van der Waals surface area contributed by atoms with Crippen molar-refractivity contribution < 1.29 is 13.3 Å². The molecule has 1 aromatic heterocycles. The zero-order chi connectivity index (χ0) is 22.0. The fraction of sp³-hybridized carbons (Fsp3) is 0.600. The Balaban J connectivity index is 1.56. The number of aromatic nitrogens is 3. The number of hydrogen-bond acceptors (Lipinski definition) is 7. The van der Waals surface area contributed by atoms with Crippen molar-refractivity contribution in [2.75, 3.05) is 18.4 Å². The topological polar surface area (TPSA) is 123 Å². The van der Waals surface area contributed by atoms with Crippen LogP contribution in [0.2, 0.25) is 0 Å². The molecule has 1 fully saturated rings. The molecule has 2 aromatic rings. The quantitative estimate of drug-likeness (QED) is 0.532. The van der Waals surface area contributed by atoms with E-state index in [0.29, 0.717) is 25.3 Å². The highest BCUT2D eigenvalue weighted by Gasteiger charge is 2.29. The standard InChI is InChI=1S/C20H28N6O4S/c1-2-19-22-20-10-7-15(14-25(20)23-19)21-17-9-8-16(13-18(17)26(27)28)31(29,30)24-11-5-3-4-6-12-24/h8-9,13,15,21H,2-7,10-12,14H2,1H3.